The van der Waals surface area contributed by atoms with Crippen LogP contribution in [0.5, 0.6) is 11.5 Å². The van der Waals surface area contributed by atoms with E-state index in [0.717, 1.165) is 25.4 Å². The first-order valence-electron chi connectivity index (χ1n) is 4.07. The number of thiophene rings is 1. The molecule has 0 saturated heterocycles. The molecule has 0 bridgehead atoms. The van der Waals surface area contributed by atoms with Gasteiger partial charge in [0, 0.05) is 5.39 Å². The molecule has 1 aromatic carbocycles. The molecule has 0 spiro atoms. The van der Waals surface area contributed by atoms with Crippen LogP contribution in [-0.4, -0.2) is 14.2 Å². The smallest absolute Gasteiger partial charge is 0.151 e. The molecule has 0 N–H and O–H groups in total. The van der Waals surface area contributed by atoms with Gasteiger partial charge in [-0.15, -0.1) is 11.3 Å². The molecule has 0 saturated carbocycles. The molecule has 4 heteroatoms. The van der Waals surface area contributed by atoms with E-state index >= 15 is 0 Å². The van der Waals surface area contributed by atoms with Crippen molar-refractivity contribution >= 4 is 37.4 Å². The van der Waals surface area contributed by atoms with Gasteiger partial charge in [0.15, 0.2) is 5.75 Å². The van der Waals surface area contributed by atoms with Crippen LogP contribution in [0.25, 0.3) is 10.1 Å². The Bertz CT molecular complexity index is 464. The van der Waals surface area contributed by atoms with E-state index in [1.807, 2.05) is 18.2 Å². The fourth-order valence-corrected chi connectivity index (χ4v) is 3.24. The molecule has 1 heterocycles. The van der Waals surface area contributed by atoms with E-state index in [2.05, 4.69) is 15.9 Å². The Morgan fingerprint density at radius 3 is 2.64 bits per heavy atom. The summed E-state index contributed by atoms with van der Waals surface area (Å²) in [6, 6.07) is 5.94. The number of hydrogen-bond acceptors (Lipinski definition) is 3. The molecule has 0 atom stereocenters. The van der Waals surface area contributed by atoms with Gasteiger partial charge in [-0.05, 0) is 28.1 Å². The van der Waals surface area contributed by atoms with Crippen molar-refractivity contribution in [3.8, 4) is 11.5 Å². The predicted molar refractivity (Wildman–Crippen MR) is 62.6 cm³/mol. The molecule has 2 rings (SSSR count). The molecule has 2 nitrogen and oxygen atoms in total. The van der Waals surface area contributed by atoms with E-state index in [4.69, 9.17) is 9.47 Å². The van der Waals surface area contributed by atoms with Crippen LogP contribution >= 0.6 is 27.3 Å². The van der Waals surface area contributed by atoms with Crippen molar-refractivity contribution in [2.24, 2.45) is 0 Å². The molecule has 0 amide bonds. The molecule has 0 aliphatic carbocycles. The summed E-state index contributed by atoms with van der Waals surface area (Å²) in [6.07, 6.45) is 0. The van der Waals surface area contributed by atoms with Crippen molar-refractivity contribution in [2.75, 3.05) is 14.2 Å². The fourth-order valence-electron chi connectivity index (χ4n) is 1.39. The Hall–Kier alpha value is -0.740. The third kappa shape index (κ3) is 1.38. The van der Waals surface area contributed by atoms with Gasteiger partial charge in [-0.3, -0.25) is 0 Å². The Balaban J connectivity index is 2.79. The van der Waals surface area contributed by atoms with Crippen LogP contribution < -0.4 is 9.47 Å². The van der Waals surface area contributed by atoms with E-state index in [-0.39, 0.29) is 0 Å². The lowest BCUT2D eigenvalue weighted by atomic mass is 10.2. The maximum absolute atomic E-state index is 5.31. The van der Waals surface area contributed by atoms with Gasteiger partial charge in [0.2, 0.25) is 0 Å². The van der Waals surface area contributed by atoms with E-state index in [1.165, 1.54) is 0 Å². The number of fused-ring (bicyclic) bond motifs is 1. The predicted octanol–water partition coefficient (Wildman–Crippen LogP) is 3.68. The van der Waals surface area contributed by atoms with Gasteiger partial charge in [-0.1, -0.05) is 6.07 Å². The Morgan fingerprint density at radius 2 is 2.00 bits per heavy atom. The van der Waals surface area contributed by atoms with Crippen LogP contribution in [0.1, 0.15) is 0 Å². The maximum Gasteiger partial charge on any atom is 0.151 e. The summed E-state index contributed by atoms with van der Waals surface area (Å²) in [7, 11) is 3.35. The molecular weight excluding hydrogens is 264 g/mol. The molecule has 0 radical (unpaired) electrons. The molecule has 0 aliphatic heterocycles. The van der Waals surface area contributed by atoms with Crippen molar-refractivity contribution in [1.82, 2.24) is 0 Å². The lowest BCUT2D eigenvalue weighted by Crippen LogP contribution is -1.83. The minimum absolute atomic E-state index is 0.879. The Morgan fingerprint density at radius 1 is 1.21 bits per heavy atom. The molecule has 2 aromatic rings. The number of halogens is 1. The highest BCUT2D eigenvalue weighted by Gasteiger charge is 2.13. The third-order valence-corrected chi connectivity index (χ3v) is 3.85. The highest BCUT2D eigenvalue weighted by Crippen LogP contribution is 2.44. The van der Waals surface area contributed by atoms with Crippen LogP contribution in [0.3, 0.4) is 0 Å². The summed E-state index contributed by atoms with van der Waals surface area (Å²) in [5, 5.41) is 1.09. The third-order valence-electron chi connectivity index (χ3n) is 2.02. The summed E-state index contributed by atoms with van der Waals surface area (Å²) >= 11 is 5.09. The van der Waals surface area contributed by atoms with Crippen molar-refractivity contribution in [2.45, 2.75) is 0 Å². The fraction of sp³-hybridized carbons (Fsp3) is 0.200. The van der Waals surface area contributed by atoms with Crippen LogP contribution in [0.15, 0.2) is 22.0 Å². The van der Waals surface area contributed by atoms with E-state index < -0.39 is 0 Å². The zero-order valence-electron chi connectivity index (χ0n) is 7.83. The van der Waals surface area contributed by atoms with Gasteiger partial charge in [-0.2, -0.15) is 0 Å². The minimum Gasteiger partial charge on any atom is -0.495 e. The molecule has 0 aliphatic rings. The van der Waals surface area contributed by atoms with Crippen LogP contribution in [0, 0.1) is 0 Å². The summed E-state index contributed by atoms with van der Waals surface area (Å²) in [5.41, 5.74) is 0. The largest absolute Gasteiger partial charge is 0.495 e. The monoisotopic (exact) mass is 272 g/mol. The second-order valence-corrected chi connectivity index (χ2v) is 5.08. The molecule has 14 heavy (non-hydrogen) atoms. The van der Waals surface area contributed by atoms with Gasteiger partial charge in [0.1, 0.15) is 9.54 Å². The summed E-state index contributed by atoms with van der Waals surface area (Å²) in [6.45, 7) is 0. The number of ether oxygens (including phenoxy) is 2. The average molecular weight is 273 g/mol. The highest BCUT2D eigenvalue weighted by molar-refractivity contribution is 9.11. The Labute approximate surface area is 94.6 Å². The van der Waals surface area contributed by atoms with Crippen molar-refractivity contribution < 1.29 is 9.47 Å². The zero-order valence-corrected chi connectivity index (χ0v) is 10.2. The first-order chi connectivity index (χ1) is 6.77. The van der Waals surface area contributed by atoms with Gasteiger partial charge < -0.3 is 9.47 Å². The van der Waals surface area contributed by atoms with E-state index in [1.54, 1.807) is 25.6 Å². The van der Waals surface area contributed by atoms with E-state index in [0.29, 0.717) is 0 Å². The quantitative estimate of drug-likeness (QED) is 0.831. The van der Waals surface area contributed by atoms with Crippen molar-refractivity contribution in [3.63, 3.8) is 0 Å². The average Bonchev–Trinajstić information content (AvgIpc) is 2.52. The SMILES string of the molecule is COc1c(Br)sc2c(OC)cccc12. The lowest BCUT2D eigenvalue weighted by Gasteiger charge is -2.01. The number of rotatable bonds is 2. The summed E-state index contributed by atoms with van der Waals surface area (Å²) in [4.78, 5) is 0. The molecular formula is C10H9BrO2S. The Kier molecular flexibility index (Phi) is 2.65. The van der Waals surface area contributed by atoms with Gasteiger partial charge in [-0.25, -0.2) is 0 Å². The second-order valence-electron chi connectivity index (χ2n) is 2.75. The molecule has 0 fully saturated rings. The van der Waals surface area contributed by atoms with Crippen LogP contribution in [-0.2, 0) is 0 Å². The first-order valence-corrected chi connectivity index (χ1v) is 5.68. The topological polar surface area (TPSA) is 18.5 Å². The van der Waals surface area contributed by atoms with Crippen LogP contribution in [0.4, 0.5) is 0 Å². The lowest BCUT2D eigenvalue weighted by molar-refractivity contribution is 0.416. The van der Waals surface area contributed by atoms with E-state index in [9.17, 15) is 0 Å². The zero-order chi connectivity index (χ0) is 10.1. The molecule has 1 aromatic heterocycles. The second kappa shape index (κ2) is 3.79. The number of benzene rings is 1. The number of methoxy groups -OCH3 is 2. The van der Waals surface area contributed by atoms with Crippen molar-refractivity contribution in [1.29, 1.82) is 0 Å². The normalized spacial score (nSPS) is 10.5. The van der Waals surface area contributed by atoms with Gasteiger partial charge in [0.05, 0.1) is 18.9 Å². The minimum atomic E-state index is 0.879. The standard InChI is InChI=1S/C10H9BrO2S/c1-12-7-5-3-4-6-8(13-2)10(11)14-9(6)7/h3-5H,1-2H3. The highest BCUT2D eigenvalue weighted by atomic mass is 79.9. The van der Waals surface area contributed by atoms with Gasteiger partial charge >= 0.3 is 0 Å². The first kappa shape index (κ1) is 9.80. The van der Waals surface area contributed by atoms with Crippen molar-refractivity contribution in [3.05, 3.63) is 22.0 Å². The van der Waals surface area contributed by atoms with Crippen LogP contribution in [0.2, 0.25) is 0 Å². The molecule has 0 unspecified atom stereocenters. The number of hydrogen-bond donors (Lipinski definition) is 0. The molecule has 74 valence electrons. The van der Waals surface area contributed by atoms with Gasteiger partial charge in [0.25, 0.3) is 0 Å². The summed E-state index contributed by atoms with van der Waals surface area (Å²) < 4.78 is 12.7. The maximum atomic E-state index is 5.31. The summed E-state index contributed by atoms with van der Waals surface area (Å²) in [5.74, 6) is 1.76.